The summed E-state index contributed by atoms with van der Waals surface area (Å²) in [5, 5.41) is 10.4. The van der Waals surface area contributed by atoms with Gasteiger partial charge in [0.15, 0.2) is 5.76 Å². The topological polar surface area (TPSA) is 73.5 Å². The molecule has 1 N–H and O–H groups in total. The number of hydrogen-bond donors (Lipinski definition) is 1. The number of aromatic hydroxyl groups is 1. The summed E-state index contributed by atoms with van der Waals surface area (Å²) < 4.78 is 5.23. The van der Waals surface area contributed by atoms with Crippen LogP contribution in [0.1, 0.15) is 37.0 Å². The van der Waals surface area contributed by atoms with Crippen LogP contribution in [0.5, 0.6) is 5.75 Å². The molecular weight excluding hydrogens is 374 g/mol. The van der Waals surface area contributed by atoms with Crippen molar-refractivity contribution in [3.05, 3.63) is 83.8 Å². The zero-order chi connectivity index (χ0) is 20.3. The summed E-state index contributed by atoms with van der Waals surface area (Å²) >= 11 is 0. The van der Waals surface area contributed by atoms with Gasteiger partial charge in [-0.15, -0.1) is 0 Å². The largest absolute Gasteiger partial charge is 0.508 e. The molecule has 1 aromatic heterocycles. The molecule has 2 aromatic carbocycles. The summed E-state index contributed by atoms with van der Waals surface area (Å²) in [5.74, 6) is -0.673. The Labute approximate surface area is 168 Å². The molecule has 3 aromatic rings. The van der Waals surface area contributed by atoms with Crippen LogP contribution in [0.15, 0.2) is 71.3 Å². The second kappa shape index (κ2) is 8.26. The lowest BCUT2D eigenvalue weighted by Crippen LogP contribution is -2.36. The van der Waals surface area contributed by atoms with E-state index < -0.39 is 12.1 Å². The van der Waals surface area contributed by atoms with E-state index >= 15 is 0 Å². The number of anilines is 1. The highest BCUT2D eigenvalue weighted by atomic mass is 17.4. The predicted octanol–water partition coefficient (Wildman–Crippen LogP) is 4.79. The number of nitrogens with zero attached hydrogens (tertiary/aromatic N) is 1. The molecule has 1 fully saturated rings. The van der Waals surface area contributed by atoms with Crippen molar-refractivity contribution in [1.29, 1.82) is 0 Å². The van der Waals surface area contributed by atoms with E-state index in [1.807, 2.05) is 36.4 Å². The molecule has 0 spiro atoms. The van der Waals surface area contributed by atoms with Crippen LogP contribution in [-0.4, -0.2) is 11.7 Å². The number of benzene rings is 2. The highest BCUT2D eigenvalue weighted by Crippen LogP contribution is 2.38. The van der Waals surface area contributed by atoms with Gasteiger partial charge in [0.05, 0.1) is 6.26 Å². The monoisotopic (exact) mass is 397 g/mol. The van der Waals surface area contributed by atoms with Gasteiger partial charge in [-0.3, -0.25) is 0 Å². The van der Waals surface area contributed by atoms with Gasteiger partial charge in [0.2, 0.25) is 0 Å². The Morgan fingerprint density at radius 3 is 2.41 bits per heavy atom. The first-order valence-electron chi connectivity index (χ1n) is 9.44. The Morgan fingerprint density at radius 2 is 1.76 bits per heavy atom. The molecule has 0 saturated carbocycles. The number of para-hydroxylation sites is 1. The molecule has 1 aliphatic heterocycles. The van der Waals surface area contributed by atoms with E-state index in [4.69, 9.17) is 24.0 Å². The number of furan rings is 1. The highest BCUT2D eigenvalue weighted by Gasteiger charge is 2.40. The van der Waals surface area contributed by atoms with Crippen molar-refractivity contribution in [2.24, 2.45) is 0 Å². The molecule has 2 heterocycles. The Kier molecular flexibility index (Phi) is 5.55. The first-order valence-corrected chi connectivity index (χ1v) is 9.44. The first-order chi connectivity index (χ1) is 14.1. The van der Waals surface area contributed by atoms with E-state index in [-0.39, 0.29) is 5.75 Å². The Hall–Kier alpha value is -2.84. The molecule has 0 atom stereocenters. The average molecular weight is 397 g/mol. The molecule has 1 aliphatic rings. The van der Waals surface area contributed by atoms with E-state index in [0.29, 0.717) is 17.9 Å². The van der Waals surface area contributed by atoms with Crippen molar-refractivity contribution in [1.82, 2.24) is 0 Å². The molecule has 7 nitrogen and oxygen atoms in total. The van der Waals surface area contributed by atoms with Crippen molar-refractivity contribution in [3.8, 4) is 5.75 Å². The third-order valence-electron chi connectivity index (χ3n) is 4.83. The molecular formula is C22H23NO6. The summed E-state index contributed by atoms with van der Waals surface area (Å²) in [5.41, 5.74) is 2.45. The van der Waals surface area contributed by atoms with Crippen LogP contribution < -0.4 is 4.90 Å². The minimum Gasteiger partial charge on any atom is -0.508 e. The zero-order valence-electron chi connectivity index (χ0n) is 16.3. The van der Waals surface area contributed by atoms with Crippen LogP contribution in [0.3, 0.4) is 0 Å². The van der Waals surface area contributed by atoms with Crippen molar-refractivity contribution >= 4 is 5.69 Å². The second-order valence-corrected chi connectivity index (χ2v) is 6.85. The van der Waals surface area contributed by atoms with E-state index in [1.54, 1.807) is 31.2 Å². The summed E-state index contributed by atoms with van der Waals surface area (Å²) in [4.78, 5) is 23.8. The van der Waals surface area contributed by atoms with Gasteiger partial charge in [0.1, 0.15) is 5.75 Å². The fourth-order valence-corrected chi connectivity index (χ4v) is 3.14. The van der Waals surface area contributed by atoms with Gasteiger partial charge < -0.3 is 14.4 Å². The third kappa shape index (κ3) is 4.13. The molecule has 0 unspecified atom stereocenters. The van der Waals surface area contributed by atoms with Crippen molar-refractivity contribution in [2.45, 2.75) is 32.5 Å². The minimum atomic E-state index is -1.30. The fourth-order valence-electron chi connectivity index (χ4n) is 3.14. The first kappa shape index (κ1) is 19.5. The lowest BCUT2D eigenvalue weighted by Gasteiger charge is -2.34. The van der Waals surface area contributed by atoms with Gasteiger partial charge in [0, 0.05) is 29.9 Å². The van der Waals surface area contributed by atoms with Gasteiger partial charge in [0.25, 0.3) is 12.1 Å². The standard InChI is InChI=1S/C22H23NO6/c1-3-23(18-8-5-4-6-9-18)15-16-14-17(11-12-19(16)24)22(2)28-26-21(27-29-22)20-10-7-13-25-20/h4-14,21,24H,3,15H2,1-2H3. The lowest BCUT2D eigenvalue weighted by atomic mass is 10.0. The van der Waals surface area contributed by atoms with Crippen LogP contribution in [0.2, 0.25) is 0 Å². The Morgan fingerprint density at radius 1 is 1.00 bits per heavy atom. The summed E-state index contributed by atoms with van der Waals surface area (Å²) in [6.45, 7) is 5.05. The van der Waals surface area contributed by atoms with Crippen LogP contribution in [0, 0.1) is 0 Å². The van der Waals surface area contributed by atoms with E-state index in [2.05, 4.69) is 11.8 Å². The molecule has 0 bridgehead atoms. The Bertz CT molecular complexity index is 920. The minimum absolute atomic E-state index is 0.192. The molecule has 1 saturated heterocycles. The second-order valence-electron chi connectivity index (χ2n) is 6.85. The number of phenols is 1. The lowest BCUT2D eigenvalue weighted by molar-refractivity contribution is -0.635. The van der Waals surface area contributed by atoms with Crippen LogP contribution in [0.4, 0.5) is 5.69 Å². The van der Waals surface area contributed by atoms with Crippen LogP contribution in [0.25, 0.3) is 0 Å². The quantitative estimate of drug-likeness (QED) is 0.599. The third-order valence-corrected chi connectivity index (χ3v) is 4.83. The summed E-state index contributed by atoms with van der Waals surface area (Å²) in [6.07, 6.45) is 0.595. The normalized spacial score (nSPS) is 21.8. The molecule has 0 aliphatic carbocycles. The highest BCUT2D eigenvalue weighted by molar-refractivity contribution is 5.48. The average Bonchev–Trinajstić information content (AvgIpc) is 3.29. The van der Waals surface area contributed by atoms with Gasteiger partial charge in [-0.2, -0.15) is 19.6 Å². The van der Waals surface area contributed by atoms with Crippen LogP contribution in [-0.2, 0) is 31.9 Å². The molecule has 7 heteroatoms. The Balaban J connectivity index is 1.52. The summed E-state index contributed by atoms with van der Waals surface area (Å²) in [7, 11) is 0. The van der Waals surface area contributed by atoms with E-state index in [9.17, 15) is 5.11 Å². The van der Waals surface area contributed by atoms with Crippen molar-refractivity contribution in [3.63, 3.8) is 0 Å². The van der Waals surface area contributed by atoms with Gasteiger partial charge >= 0.3 is 0 Å². The van der Waals surface area contributed by atoms with E-state index in [1.165, 1.54) is 6.26 Å². The van der Waals surface area contributed by atoms with Gasteiger partial charge in [-0.1, -0.05) is 18.2 Å². The molecule has 0 amide bonds. The fraction of sp³-hybridized carbons (Fsp3) is 0.273. The summed E-state index contributed by atoms with van der Waals surface area (Å²) in [6, 6.07) is 18.6. The smallest absolute Gasteiger partial charge is 0.281 e. The predicted molar refractivity (Wildman–Crippen MR) is 104 cm³/mol. The van der Waals surface area contributed by atoms with Crippen LogP contribution >= 0.6 is 0 Å². The number of hydrogen-bond acceptors (Lipinski definition) is 7. The molecule has 4 rings (SSSR count). The van der Waals surface area contributed by atoms with E-state index in [0.717, 1.165) is 17.8 Å². The maximum absolute atomic E-state index is 10.4. The molecule has 0 radical (unpaired) electrons. The maximum atomic E-state index is 10.4. The number of rotatable bonds is 6. The van der Waals surface area contributed by atoms with Gasteiger partial charge in [-0.05, 0) is 56.3 Å². The SMILES string of the molecule is CCN(Cc1cc(C2(C)OOC(c3ccco3)OO2)ccc1O)c1ccccc1. The zero-order valence-corrected chi connectivity index (χ0v) is 16.3. The number of phenolic OH excluding ortho intramolecular Hbond substituents is 1. The van der Waals surface area contributed by atoms with Crippen molar-refractivity contribution in [2.75, 3.05) is 11.4 Å². The van der Waals surface area contributed by atoms with Crippen molar-refractivity contribution < 1.29 is 29.1 Å². The molecule has 29 heavy (non-hydrogen) atoms. The van der Waals surface area contributed by atoms with Gasteiger partial charge in [-0.25, -0.2) is 0 Å². The maximum Gasteiger partial charge on any atom is 0.281 e. The molecule has 152 valence electrons.